The van der Waals surface area contributed by atoms with E-state index in [0.29, 0.717) is 37.6 Å². The van der Waals surface area contributed by atoms with E-state index in [4.69, 9.17) is 19.9 Å². The zero-order valence-corrected chi connectivity index (χ0v) is 23.9. The number of aliphatic hydroxyl groups is 1. The molecule has 2 aromatic rings. The molecule has 1 saturated heterocycles. The third-order valence-corrected chi connectivity index (χ3v) is 9.31. The fourth-order valence-corrected chi connectivity index (χ4v) is 5.97. The van der Waals surface area contributed by atoms with Gasteiger partial charge in [-0.3, -0.25) is 0 Å². The molecule has 0 aromatic carbocycles. The Balaban J connectivity index is 1.62. The van der Waals surface area contributed by atoms with E-state index in [2.05, 4.69) is 47.9 Å². The third kappa shape index (κ3) is 7.19. The van der Waals surface area contributed by atoms with E-state index < -0.39 is 8.07 Å². The molecule has 2 fully saturated rings. The molecular formula is C27H44N6O3Si. The minimum Gasteiger partial charge on any atom is -0.396 e. The van der Waals surface area contributed by atoms with Gasteiger partial charge in [-0.1, -0.05) is 19.6 Å². The van der Waals surface area contributed by atoms with Crippen molar-refractivity contribution in [1.29, 1.82) is 5.41 Å². The van der Waals surface area contributed by atoms with Gasteiger partial charge in [0.2, 0.25) is 0 Å². The summed E-state index contributed by atoms with van der Waals surface area (Å²) in [6.07, 6.45) is 7.23. The summed E-state index contributed by atoms with van der Waals surface area (Å²) in [5.41, 5.74) is 1.99. The normalized spacial score (nSPS) is 22.7. The molecule has 10 heteroatoms. The van der Waals surface area contributed by atoms with Crippen molar-refractivity contribution in [1.82, 2.24) is 14.8 Å². The zero-order valence-electron chi connectivity index (χ0n) is 22.9. The lowest BCUT2D eigenvalue weighted by molar-refractivity contribution is 0.0801. The van der Waals surface area contributed by atoms with E-state index in [1.807, 2.05) is 10.7 Å². The summed E-state index contributed by atoms with van der Waals surface area (Å²) in [7, 11) is -1.16. The van der Waals surface area contributed by atoms with Gasteiger partial charge in [0.1, 0.15) is 24.2 Å². The van der Waals surface area contributed by atoms with Gasteiger partial charge in [-0.2, -0.15) is 5.10 Å². The summed E-state index contributed by atoms with van der Waals surface area (Å²) in [6.45, 7) is 12.7. The quantitative estimate of drug-likeness (QED) is 0.218. The second-order valence-electron chi connectivity index (χ2n) is 11.7. The van der Waals surface area contributed by atoms with Gasteiger partial charge in [-0.25, -0.2) is 9.67 Å². The lowest BCUT2D eigenvalue weighted by atomic mass is 9.78. The zero-order chi connectivity index (χ0) is 26.4. The van der Waals surface area contributed by atoms with Crippen LogP contribution in [0.1, 0.15) is 49.7 Å². The topological polar surface area (TPSA) is 109 Å². The van der Waals surface area contributed by atoms with Crippen LogP contribution in [0, 0.1) is 11.3 Å². The van der Waals surface area contributed by atoms with Gasteiger partial charge in [0.05, 0.1) is 25.5 Å². The van der Waals surface area contributed by atoms with Gasteiger partial charge >= 0.3 is 0 Å². The molecule has 1 saturated carbocycles. The van der Waals surface area contributed by atoms with E-state index in [1.54, 1.807) is 6.20 Å². The Bertz CT molecular complexity index is 1030. The Labute approximate surface area is 222 Å². The molecule has 1 aliphatic carbocycles. The van der Waals surface area contributed by atoms with Crippen LogP contribution in [0.4, 0.5) is 17.5 Å². The van der Waals surface area contributed by atoms with Crippen LogP contribution >= 0.6 is 0 Å². The van der Waals surface area contributed by atoms with E-state index in [0.717, 1.165) is 67.6 Å². The molecule has 3 heterocycles. The Hall–Kier alpha value is -2.27. The number of aliphatic hydroxyl groups excluding tert-OH is 1. The first-order valence-corrected chi connectivity index (χ1v) is 17.4. The molecule has 4 rings (SSSR count). The number of rotatable bonds is 11. The molecule has 1 atom stereocenters. The summed E-state index contributed by atoms with van der Waals surface area (Å²) in [6, 6.07) is 5.45. The van der Waals surface area contributed by atoms with Crippen LogP contribution in [0.15, 0.2) is 18.3 Å². The first-order chi connectivity index (χ1) is 17.8. The van der Waals surface area contributed by atoms with Crippen molar-refractivity contribution in [3.05, 3.63) is 29.5 Å². The SMILES string of the molecule is C[C@@H]1COCCN1c1cc(C2CCC(CO)CC2)c(C=N)c(Nc2ccnn2COCC[Si](C)(C)C)n1. The van der Waals surface area contributed by atoms with Crippen LogP contribution < -0.4 is 10.2 Å². The molecule has 37 heavy (non-hydrogen) atoms. The smallest absolute Gasteiger partial charge is 0.143 e. The van der Waals surface area contributed by atoms with E-state index in [1.165, 1.54) is 6.21 Å². The Morgan fingerprint density at radius 2 is 2.05 bits per heavy atom. The lowest BCUT2D eigenvalue weighted by Gasteiger charge is -2.36. The van der Waals surface area contributed by atoms with Crippen molar-refractivity contribution < 1.29 is 14.6 Å². The van der Waals surface area contributed by atoms with E-state index in [-0.39, 0.29) is 12.6 Å². The minimum atomic E-state index is -1.16. The number of aromatic nitrogens is 3. The van der Waals surface area contributed by atoms with Crippen molar-refractivity contribution in [3.63, 3.8) is 0 Å². The largest absolute Gasteiger partial charge is 0.396 e. The van der Waals surface area contributed by atoms with Crippen LogP contribution in [0.5, 0.6) is 0 Å². The lowest BCUT2D eigenvalue weighted by Crippen LogP contribution is -2.44. The van der Waals surface area contributed by atoms with Gasteiger partial charge in [0.15, 0.2) is 0 Å². The molecule has 204 valence electrons. The summed E-state index contributed by atoms with van der Waals surface area (Å²) in [5, 5.41) is 25.9. The average molecular weight is 529 g/mol. The molecule has 2 aliphatic rings. The fourth-order valence-electron chi connectivity index (χ4n) is 5.21. The van der Waals surface area contributed by atoms with Crippen molar-refractivity contribution in [2.24, 2.45) is 5.92 Å². The summed E-state index contributed by atoms with van der Waals surface area (Å²) in [4.78, 5) is 7.35. The maximum Gasteiger partial charge on any atom is 0.143 e. The monoisotopic (exact) mass is 528 g/mol. The highest BCUT2D eigenvalue weighted by molar-refractivity contribution is 6.76. The minimum absolute atomic E-state index is 0.225. The number of morpholine rings is 1. The Morgan fingerprint density at radius 3 is 2.73 bits per heavy atom. The average Bonchev–Trinajstić information content (AvgIpc) is 3.32. The summed E-state index contributed by atoms with van der Waals surface area (Å²) >= 11 is 0. The fraction of sp³-hybridized carbons (Fsp3) is 0.667. The van der Waals surface area contributed by atoms with Crippen LogP contribution in [0.3, 0.4) is 0 Å². The second kappa shape index (κ2) is 12.5. The number of anilines is 3. The Morgan fingerprint density at radius 1 is 1.27 bits per heavy atom. The molecule has 0 amide bonds. The van der Waals surface area contributed by atoms with Crippen molar-refractivity contribution in [2.75, 3.05) is 43.2 Å². The van der Waals surface area contributed by atoms with Crippen LogP contribution in [-0.2, 0) is 16.2 Å². The molecule has 0 radical (unpaired) electrons. The highest BCUT2D eigenvalue weighted by Crippen LogP contribution is 2.40. The molecular weight excluding hydrogens is 484 g/mol. The van der Waals surface area contributed by atoms with Crippen molar-refractivity contribution >= 4 is 31.7 Å². The predicted octanol–water partition coefficient (Wildman–Crippen LogP) is 4.82. The second-order valence-corrected chi connectivity index (χ2v) is 17.3. The molecule has 0 unspecified atom stereocenters. The summed E-state index contributed by atoms with van der Waals surface area (Å²) in [5.74, 6) is 3.11. The number of ether oxygens (including phenoxy) is 2. The van der Waals surface area contributed by atoms with Crippen molar-refractivity contribution in [3.8, 4) is 0 Å². The predicted molar refractivity (Wildman–Crippen MR) is 151 cm³/mol. The highest BCUT2D eigenvalue weighted by Gasteiger charge is 2.28. The number of nitrogens with one attached hydrogen (secondary N) is 2. The van der Waals surface area contributed by atoms with Crippen LogP contribution in [0.2, 0.25) is 25.7 Å². The van der Waals surface area contributed by atoms with Gasteiger partial charge in [-0.15, -0.1) is 0 Å². The molecule has 1 aliphatic heterocycles. The first-order valence-electron chi connectivity index (χ1n) is 13.7. The van der Waals surface area contributed by atoms with Gasteiger partial charge < -0.3 is 30.2 Å². The molecule has 9 nitrogen and oxygen atoms in total. The van der Waals surface area contributed by atoms with Gasteiger partial charge in [0.25, 0.3) is 0 Å². The standard InChI is InChI=1S/C27H44N6O3Si/c1-20-18-35-12-11-32(20)26-15-23(22-7-5-21(17-34)6-8-22)24(16-28)27(31-26)30-25-9-10-29-33(25)19-36-13-14-37(2,3)4/h9-10,15-16,20-22,28,34H,5-8,11-14,17-19H2,1-4H3,(H,30,31)/t20-,21?,22?/m1/s1. The summed E-state index contributed by atoms with van der Waals surface area (Å²) < 4.78 is 13.4. The number of hydrogen-bond acceptors (Lipinski definition) is 8. The molecule has 3 N–H and O–H groups in total. The molecule has 2 aromatic heterocycles. The third-order valence-electron chi connectivity index (χ3n) is 7.60. The van der Waals surface area contributed by atoms with Crippen LogP contribution in [-0.4, -0.2) is 73.2 Å². The van der Waals surface area contributed by atoms with Crippen LogP contribution in [0.25, 0.3) is 0 Å². The maximum absolute atomic E-state index is 9.63. The molecule has 0 bridgehead atoms. The van der Waals surface area contributed by atoms with Crippen molar-refractivity contribution in [2.45, 2.75) is 77.0 Å². The number of pyridine rings is 1. The first kappa shape index (κ1) is 27.8. The maximum atomic E-state index is 9.63. The number of hydrogen-bond donors (Lipinski definition) is 3. The van der Waals surface area contributed by atoms with Gasteiger partial charge in [-0.05, 0) is 62.1 Å². The van der Waals surface area contributed by atoms with Gasteiger partial charge in [0, 0.05) is 45.7 Å². The van der Waals surface area contributed by atoms with E-state index >= 15 is 0 Å². The Kier molecular flexibility index (Phi) is 9.39. The van der Waals surface area contributed by atoms with E-state index in [9.17, 15) is 5.11 Å². The molecule has 0 spiro atoms. The number of nitrogens with zero attached hydrogens (tertiary/aromatic N) is 4. The highest BCUT2D eigenvalue weighted by atomic mass is 28.3.